The minimum absolute atomic E-state index is 0.0191. The van der Waals surface area contributed by atoms with Gasteiger partial charge in [-0.15, -0.1) is 0 Å². The third-order valence-electron chi connectivity index (χ3n) is 7.08. The van der Waals surface area contributed by atoms with Gasteiger partial charge in [0.2, 0.25) is 0 Å². The molecular formula is C25H39F2NO3S. The van der Waals surface area contributed by atoms with Crippen LogP contribution in [0.1, 0.15) is 72.3 Å². The Hall–Kier alpha value is -1.21. The van der Waals surface area contributed by atoms with Gasteiger partial charge in [0.25, 0.3) is 0 Å². The third-order valence-corrected chi connectivity index (χ3v) is 9.85. The molecular weight excluding hydrogens is 432 g/mol. The first-order chi connectivity index (χ1) is 14.9. The predicted octanol–water partition coefficient (Wildman–Crippen LogP) is 5.53. The van der Waals surface area contributed by atoms with Crippen LogP contribution in [0.15, 0.2) is 12.1 Å². The average molecular weight is 472 g/mol. The average Bonchev–Trinajstić information content (AvgIpc) is 2.68. The minimum Gasteiger partial charge on any atom is -0.372 e. The molecule has 1 aliphatic heterocycles. The van der Waals surface area contributed by atoms with Crippen molar-refractivity contribution >= 4 is 15.5 Å². The molecule has 0 amide bonds. The number of nitrogens with zero attached hydrogens (tertiary/aromatic N) is 1. The summed E-state index contributed by atoms with van der Waals surface area (Å²) in [6.07, 6.45) is 4.97. The van der Waals surface area contributed by atoms with E-state index in [0.717, 1.165) is 32.1 Å². The van der Waals surface area contributed by atoms with Crippen molar-refractivity contribution in [1.82, 2.24) is 0 Å². The summed E-state index contributed by atoms with van der Waals surface area (Å²) < 4.78 is 59.6. The molecule has 2 fully saturated rings. The van der Waals surface area contributed by atoms with E-state index < -0.39 is 26.2 Å². The maximum absolute atomic E-state index is 14.9. The van der Waals surface area contributed by atoms with Crippen molar-refractivity contribution in [3.05, 3.63) is 29.3 Å². The van der Waals surface area contributed by atoms with Crippen LogP contribution in [0.25, 0.3) is 0 Å². The Kier molecular flexibility index (Phi) is 7.91. The lowest BCUT2D eigenvalue weighted by Crippen LogP contribution is -2.45. The largest absolute Gasteiger partial charge is 0.372 e. The number of aryl methyl sites for hydroxylation is 1. The van der Waals surface area contributed by atoms with Crippen molar-refractivity contribution in [3.8, 4) is 0 Å². The highest BCUT2D eigenvalue weighted by molar-refractivity contribution is 7.92. The molecule has 0 unspecified atom stereocenters. The number of sulfone groups is 1. The van der Waals surface area contributed by atoms with Gasteiger partial charge in [0.05, 0.1) is 28.4 Å². The van der Waals surface area contributed by atoms with E-state index in [1.165, 1.54) is 0 Å². The summed E-state index contributed by atoms with van der Waals surface area (Å²) in [6.45, 7) is 10.3. The lowest BCUT2D eigenvalue weighted by atomic mass is 9.80. The van der Waals surface area contributed by atoms with Crippen molar-refractivity contribution in [1.29, 1.82) is 0 Å². The first-order valence-electron chi connectivity index (χ1n) is 12.0. The fourth-order valence-corrected chi connectivity index (χ4v) is 6.45. The Balaban J connectivity index is 1.54. The molecule has 4 nitrogen and oxygen atoms in total. The zero-order valence-corrected chi connectivity index (χ0v) is 21.0. The molecule has 2 atom stereocenters. The number of rotatable bonds is 6. The number of morpholine rings is 1. The van der Waals surface area contributed by atoms with Crippen LogP contribution in [0.2, 0.25) is 0 Å². The highest BCUT2D eigenvalue weighted by Gasteiger charge is 2.33. The topological polar surface area (TPSA) is 46.6 Å². The van der Waals surface area contributed by atoms with Crippen LogP contribution in [-0.2, 0) is 21.0 Å². The van der Waals surface area contributed by atoms with Gasteiger partial charge in [-0.2, -0.15) is 0 Å². The number of hydrogen-bond acceptors (Lipinski definition) is 4. The van der Waals surface area contributed by atoms with Crippen molar-refractivity contribution in [2.45, 2.75) is 90.1 Å². The summed E-state index contributed by atoms with van der Waals surface area (Å²) in [5, 5.41) is 0. The minimum atomic E-state index is -3.10. The van der Waals surface area contributed by atoms with E-state index in [1.807, 2.05) is 18.7 Å². The summed E-state index contributed by atoms with van der Waals surface area (Å²) >= 11 is 0. The molecule has 2 aliphatic rings. The number of halogens is 2. The molecule has 32 heavy (non-hydrogen) atoms. The smallest absolute Gasteiger partial charge is 0.182 e. The number of benzene rings is 1. The summed E-state index contributed by atoms with van der Waals surface area (Å²) in [7, 11) is -3.10. The molecule has 7 heteroatoms. The van der Waals surface area contributed by atoms with Crippen molar-refractivity contribution in [2.75, 3.05) is 23.7 Å². The Morgan fingerprint density at radius 1 is 0.969 bits per heavy atom. The molecule has 1 aliphatic carbocycles. The maximum Gasteiger partial charge on any atom is 0.182 e. The standard InChI is InChI=1S/C25H39F2NO3S/c1-17-14-28(15-18(2)31-17)22-13-12-21(23(26)24(22)27)11-10-19-6-8-20(9-7-19)16-32(29,30)25(3,4)5/h12-13,17-20H,6-11,14-16H2,1-5H3/t17-,18+,19?,20?. The Morgan fingerprint density at radius 2 is 1.53 bits per heavy atom. The van der Waals surface area contributed by atoms with E-state index in [0.29, 0.717) is 36.7 Å². The fraction of sp³-hybridized carbons (Fsp3) is 0.760. The van der Waals surface area contributed by atoms with Crippen molar-refractivity contribution < 1.29 is 21.9 Å². The quantitative estimate of drug-likeness (QED) is 0.547. The van der Waals surface area contributed by atoms with E-state index in [9.17, 15) is 17.2 Å². The Bertz CT molecular complexity index is 879. The van der Waals surface area contributed by atoms with E-state index in [-0.39, 0.29) is 23.9 Å². The molecule has 1 saturated carbocycles. The van der Waals surface area contributed by atoms with Gasteiger partial charge < -0.3 is 9.64 Å². The van der Waals surface area contributed by atoms with Crippen molar-refractivity contribution in [2.24, 2.45) is 11.8 Å². The molecule has 182 valence electrons. The fourth-order valence-electron chi connectivity index (χ4n) is 5.00. The number of ether oxygens (including phenoxy) is 1. The summed E-state index contributed by atoms with van der Waals surface area (Å²) in [5.74, 6) is -0.600. The van der Waals surface area contributed by atoms with Crippen LogP contribution in [0.3, 0.4) is 0 Å². The maximum atomic E-state index is 14.9. The Labute approximate surface area is 192 Å². The Morgan fingerprint density at radius 3 is 2.09 bits per heavy atom. The van der Waals surface area contributed by atoms with Crippen LogP contribution in [-0.4, -0.2) is 44.2 Å². The van der Waals surface area contributed by atoms with Crippen LogP contribution in [0.4, 0.5) is 14.5 Å². The second-order valence-electron chi connectivity index (χ2n) is 10.9. The highest BCUT2D eigenvalue weighted by Crippen LogP contribution is 2.35. The SMILES string of the molecule is C[C@@H]1CN(c2ccc(CCC3CCC(CS(=O)(=O)C(C)(C)C)CC3)c(F)c2F)C[C@H](C)O1. The van der Waals surface area contributed by atoms with Gasteiger partial charge in [0.15, 0.2) is 21.5 Å². The lowest BCUT2D eigenvalue weighted by Gasteiger charge is -2.37. The molecule has 1 aromatic carbocycles. The first-order valence-corrected chi connectivity index (χ1v) is 13.6. The summed E-state index contributed by atoms with van der Waals surface area (Å²) in [5.41, 5.74) is 0.742. The molecule has 0 spiro atoms. The zero-order valence-electron chi connectivity index (χ0n) is 20.2. The molecule has 1 aromatic rings. The van der Waals surface area contributed by atoms with E-state index in [4.69, 9.17) is 4.74 Å². The molecule has 3 rings (SSSR count). The van der Waals surface area contributed by atoms with Crippen LogP contribution < -0.4 is 4.90 Å². The predicted molar refractivity (Wildman–Crippen MR) is 126 cm³/mol. The molecule has 0 aromatic heterocycles. The molecule has 0 N–H and O–H groups in total. The van der Waals surface area contributed by atoms with Gasteiger partial charge in [-0.25, -0.2) is 17.2 Å². The summed E-state index contributed by atoms with van der Waals surface area (Å²) in [6, 6.07) is 3.42. The molecule has 1 heterocycles. The van der Waals surface area contributed by atoms with Crippen LogP contribution in [0, 0.1) is 23.5 Å². The highest BCUT2D eigenvalue weighted by atomic mass is 32.2. The van der Waals surface area contributed by atoms with E-state index in [1.54, 1.807) is 32.9 Å². The van der Waals surface area contributed by atoms with E-state index in [2.05, 4.69) is 0 Å². The van der Waals surface area contributed by atoms with Gasteiger partial charge in [-0.3, -0.25) is 0 Å². The molecule has 0 radical (unpaired) electrons. The molecule has 0 bridgehead atoms. The van der Waals surface area contributed by atoms with Crippen LogP contribution >= 0.6 is 0 Å². The van der Waals surface area contributed by atoms with E-state index >= 15 is 0 Å². The van der Waals surface area contributed by atoms with Crippen LogP contribution in [0.5, 0.6) is 0 Å². The third kappa shape index (κ3) is 6.02. The van der Waals surface area contributed by atoms with Gasteiger partial charge >= 0.3 is 0 Å². The van der Waals surface area contributed by atoms with Gasteiger partial charge in [-0.05, 0) is 83.8 Å². The zero-order chi connectivity index (χ0) is 23.7. The molecule has 1 saturated heterocycles. The first kappa shape index (κ1) is 25.4. The second-order valence-corrected chi connectivity index (χ2v) is 13.6. The van der Waals surface area contributed by atoms with Gasteiger partial charge in [0, 0.05) is 13.1 Å². The monoisotopic (exact) mass is 471 g/mol. The number of hydrogen-bond donors (Lipinski definition) is 0. The second kappa shape index (κ2) is 9.96. The van der Waals surface area contributed by atoms with Gasteiger partial charge in [0.1, 0.15) is 0 Å². The number of anilines is 1. The summed E-state index contributed by atoms with van der Waals surface area (Å²) in [4.78, 5) is 1.87. The van der Waals surface area contributed by atoms with Gasteiger partial charge in [-0.1, -0.05) is 18.9 Å². The van der Waals surface area contributed by atoms with Crippen molar-refractivity contribution in [3.63, 3.8) is 0 Å². The lowest BCUT2D eigenvalue weighted by molar-refractivity contribution is -0.00543. The normalized spacial score (nSPS) is 27.5.